The highest BCUT2D eigenvalue weighted by atomic mass is 19.3. The lowest BCUT2D eigenvalue weighted by atomic mass is 9.98. The van der Waals surface area contributed by atoms with Crippen molar-refractivity contribution in [2.45, 2.75) is 36.6 Å². The zero-order chi connectivity index (χ0) is 25.4. The number of hydrogen-bond donors (Lipinski definition) is 3. The lowest BCUT2D eigenvalue weighted by Gasteiger charge is -2.26. The molecule has 0 bridgehead atoms. The first-order valence-corrected chi connectivity index (χ1v) is 10.9. The van der Waals surface area contributed by atoms with Crippen LogP contribution in [0.4, 0.5) is 22.4 Å². The third kappa shape index (κ3) is 4.94. The monoisotopic (exact) mass is 494 g/mol. The molecule has 1 atom stereocenters. The van der Waals surface area contributed by atoms with Crippen LogP contribution in [0.3, 0.4) is 0 Å². The minimum absolute atomic E-state index is 0.147. The minimum atomic E-state index is -4.41. The Morgan fingerprint density at radius 3 is 2.03 bits per heavy atom. The zero-order valence-electron chi connectivity index (χ0n) is 18.3. The van der Waals surface area contributed by atoms with Crippen LogP contribution in [0.5, 0.6) is 0 Å². The van der Waals surface area contributed by atoms with Crippen molar-refractivity contribution in [2.24, 2.45) is 5.92 Å². The third-order valence-corrected chi connectivity index (χ3v) is 6.19. The maximum Gasteiger partial charge on any atom is 0.407 e. The Morgan fingerprint density at radius 2 is 1.51 bits per heavy atom. The number of carbonyl (C=O) groups is 3. The molecule has 0 heterocycles. The molecule has 2 aliphatic carbocycles. The Labute approximate surface area is 197 Å². The summed E-state index contributed by atoms with van der Waals surface area (Å²) >= 11 is 0. The molecule has 0 aromatic heterocycles. The molecule has 1 saturated carbocycles. The Kier molecular flexibility index (Phi) is 6.44. The smallest absolute Gasteiger partial charge is 0.407 e. The molecular weight excluding hydrogens is 472 g/mol. The number of carboxylic acid groups (broad SMARTS) is 1. The van der Waals surface area contributed by atoms with Gasteiger partial charge in [-0.1, -0.05) is 48.5 Å². The summed E-state index contributed by atoms with van der Waals surface area (Å²) in [4.78, 5) is 34.9. The van der Waals surface area contributed by atoms with Crippen LogP contribution in [0.2, 0.25) is 0 Å². The summed E-state index contributed by atoms with van der Waals surface area (Å²) in [7, 11) is 0. The van der Waals surface area contributed by atoms with Crippen molar-refractivity contribution in [2.75, 3.05) is 13.2 Å². The summed E-state index contributed by atoms with van der Waals surface area (Å²) in [5, 5.41) is 11.9. The van der Waals surface area contributed by atoms with Gasteiger partial charge in [0.25, 0.3) is 5.91 Å². The Hall–Kier alpha value is -3.63. The molecule has 0 aliphatic heterocycles. The highest BCUT2D eigenvalue weighted by Gasteiger charge is 2.56. The highest BCUT2D eigenvalue weighted by molar-refractivity contribution is 5.86. The molecule has 3 N–H and O–H groups in total. The number of rotatable bonds is 9. The van der Waals surface area contributed by atoms with Crippen LogP contribution in [0.1, 0.15) is 29.9 Å². The topological polar surface area (TPSA) is 105 Å². The summed E-state index contributed by atoms with van der Waals surface area (Å²) in [6, 6.07) is 12.8. The summed E-state index contributed by atoms with van der Waals surface area (Å²) < 4.78 is 61.4. The number of benzene rings is 2. The van der Waals surface area contributed by atoms with Gasteiger partial charge in [-0.3, -0.25) is 4.79 Å². The van der Waals surface area contributed by atoms with Gasteiger partial charge in [0.05, 0.1) is 6.54 Å². The van der Waals surface area contributed by atoms with Gasteiger partial charge < -0.3 is 20.5 Å². The maximum absolute atomic E-state index is 14.3. The van der Waals surface area contributed by atoms with Crippen molar-refractivity contribution in [3.05, 3.63) is 59.7 Å². The maximum atomic E-state index is 14.3. The minimum Gasteiger partial charge on any atom is -0.477 e. The predicted octanol–water partition coefficient (Wildman–Crippen LogP) is 3.78. The Morgan fingerprint density at radius 1 is 0.971 bits per heavy atom. The fourth-order valence-corrected chi connectivity index (χ4v) is 4.23. The van der Waals surface area contributed by atoms with Gasteiger partial charge in [0.2, 0.25) is 0 Å². The largest absolute Gasteiger partial charge is 0.477 e. The Bertz CT molecular complexity index is 1110. The van der Waals surface area contributed by atoms with Crippen LogP contribution in [-0.2, 0) is 14.3 Å². The van der Waals surface area contributed by atoms with E-state index in [-0.39, 0.29) is 25.4 Å². The first-order valence-electron chi connectivity index (χ1n) is 10.9. The van der Waals surface area contributed by atoms with E-state index in [0.717, 1.165) is 22.3 Å². The van der Waals surface area contributed by atoms with Crippen LogP contribution in [0.25, 0.3) is 11.1 Å². The van der Waals surface area contributed by atoms with Crippen LogP contribution >= 0.6 is 0 Å². The molecule has 0 radical (unpaired) electrons. The second kappa shape index (κ2) is 9.20. The van der Waals surface area contributed by atoms with Crippen molar-refractivity contribution < 1.29 is 41.8 Å². The molecule has 7 nitrogen and oxygen atoms in total. The zero-order valence-corrected chi connectivity index (χ0v) is 18.3. The predicted molar refractivity (Wildman–Crippen MR) is 115 cm³/mol. The number of halogens is 4. The summed E-state index contributed by atoms with van der Waals surface area (Å²) in [5.74, 6) is -14.5. The molecule has 4 rings (SSSR count). The molecular formula is C24H22F4N2O5. The van der Waals surface area contributed by atoms with Gasteiger partial charge >= 0.3 is 23.9 Å². The van der Waals surface area contributed by atoms with E-state index in [9.17, 15) is 31.9 Å². The van der Waals surface area contributed by atoms with Gasteiger partial charge in [-0.25, -0.2) is 9.59 Å². The second-order valence-electron chi connectivity index (χ2n) is 8.60. The number of aliphatic carboxylic acids is 1. The SMILES string of the molecule is O=C(NCC(F)(F)C(=O)NC(C1CC1)C(F)(F)C(=O)O)OCC1c2ccccc2-c2ccccc21. The van der Waals surface area contributed by atoms with Crippen molar-refractivity contribution in [3.8, 4) is 11.1 Å². The third-order valence-electron chi connectivity index (χ3n) is 6.19. The van der Waals surface area contributed by atoms with E-state index < -0.39 is 48.3 Å². The molecule has 2 aromatic rings. The number of carboxylic acids is 1. The molecule has 0 saturated heterocycles. The van der Waals surface area contributed by atoms with Crippen LogP contribution in [-0.4, -0.2) is 54.1 Å². The molecule has 35 heavy (non-hydrogen) atoms. The van der Waals surface area contributed by atoms with E-state index in [4.69, 9.17) is 9.84 Å². The average Bonchev–Trinajstić information content (AvgIpc) is 3.61. The van der Waals surface area contributed by atoms with Crippen LogP contribution in [0.15, 0.2) is 48.5 Å². The van der Waals surface area contributed by atoms with E-state index in [1.54, 1.807) is 5.32 Å². The lowest BCUT2D eigenvalue weighted by molar-refractivity contribution is -0.173. The van der Waals surface area contributed by atoms with E-state index in [2.05, 4.69) is 0 Å². The summed E-state index contributed by atoms with van der Waals surface area (Å²) in [6.07, 6.45) is -0.858. The van der Waals surface area contributed by atoms with Crippen molar-refractivity contribution in [3.63, 3.8) is 0 Å². The standard InChI is InChI=1S/C24H22F4N2O5/c25-23(26,20(31)30-19(13-9-10-13)24(27,28)21(32)33)12-29-22(34)35-11-18-16-7-3-1-5-14(16)15-6-2-4-8-17(15)18/h1-8,13,18-19H,9-12H2,(H,29,34)(H,30,31)(H,32,33). The quantitative estimate of drug-likeness (QED) is 0.461. The average molecular weight is 494 g/mol. The van der Waals surface area contributed by atoms with Crippen LogP contribution in [0, 0.1) is 5.92 Å². The number of alkyl halides is 4. The van der Waals surface area contributed by atoms with E-state index >= 15 is 0 Å². The molecule has 186 valence electrons. The summed E-state index contributed by atoms with van der Waals surface area (Å²) in [6.45, 7) is -1.66. The second-order valence-corrected chi connectivity index (χ2v) is 8.60. The highest BCUT2D eigenvalue weighted by Crippen LogP contribution is 2.44. The van der Waals surface area contributed by atoms with Gasteiger partial charge in [-0.05, 0) is 41.0 Å². The lowest BCUT2D eigenvalue weighted by Crippen LogP contribution is -2.58. The van der Waals surface area contributed by atoms with Gasteiger partial charge in [0.1, 0.15) is 12.6 Å². The number of nitrogens with one attached hydrogen (secondary N) is 2. The normalized spacial score (nSPS) is 16.1. The number of amides is 2. The number of hydrogen-bond acceptors (Lipinski definition) is 4. The fraction of sp³-hybridized carbons (Fsp3) is 0.375. The molecule has 1 unspecified atom stereocenters. The fourth-order valence-electron chi connectivity index (χ4n) is 4.23. The van der Waals surface area contributed by atoms with Crippen molar-refractivity contribution in [1.82, 2.24) is 10.6 Å². The molecule has 2 aliphatic rings. The number of alkyl carbamates (subject to hydrolysis) is 1. The molecule has 0 spiro atoms. The molecule has 1 fully saturated rings. The van der Waals surface area contributed by atoms with E-state index in [1.165, 1.54) is 5.32 Å². The van der Waals surface area contributed by atoms with Gasteiger partial charge in [-0.15, -0.1) is 0 Å². The van der Waals surface area contributed by atoms with Gasteiger partial charge in [0, 0.05) is 5.92 Å². The Balaban J connectivity index is 1.34. The van der Waals surface area contributed by atoms with Crippen LogP contribution < -0.4 is 10.6 Å². The van der Waals surface area contributed by atoms with Gasteiger partial charge in [-0.2, -0.15) is 17.6 Å². The first-order chi connectivity index (χ1) is 16.5. The number of carbonyl (C=O) groups excluding carboxylic acids is 2. The molecule has 11 heteroatoms. The van der Waals surface area contributed by atoms with Gasteiger partial charge in [0.15, 0.2) is 0 Å². The number of fused-ring (bicyclic) bond motifs is 3. The van der Waals surface area contributed by atoms with E-state index in [1.807, 2.05) is 48.5 Å². The summed E-state index contributed by atoms with van der Waals surface area (Å²) in [5.41, 5.74) is 3.78. The van der Waals surface area contributed by atoms with Crippen molar-refractivity contribution in [1.29, 1.82) is 0 Å². The van der Waals surface area contributed by atoms with E-state index in [0.29, 0.717) is 0 Å². The molecule has 2 amide bonds. The number of ether oxygens (including phenoxy) is 1. The van der Waals surface area contributed by atoms with Crippen molar-refractivity contribution >= 4 is 18.0 Å². The molecule has 2 aromatic carbocycles. The first kappa shape index (κ1) is 24.5.